The Morgan fingerprint density at radius 1 is 0.720 bits per heavy atom. The molecule has 25 heavy (non-hydrogen) atoms. The largest absolute Gasteiger partial charge is 0.378 e. The van der Waals surface area contributed by atoms with Crippen molar-refractivity contribution in [3.63, 3.8) is 0 Å². The summed E-state index contributed by atoms with van der Waals surface area (Å²) in [4.78, 5) is 3.95. The van der Waals surface area contributed by atoms with Gasteiger partial charge in [0.2, 0.25) is 0 Å². The van der Waals surface area contributed by atoms with Crippen molar-refractivity contribution in [1.29, 1.82) is 0 Å². The topological polar surface area (TPSA) is 40.6 Å². The molecule has 0 heterocycles. The molecule has 0 aliphatic carbocycles. The van der Waals surface area contributed by atoms with E-state index in [-0.39, 0.29) is 0 Å². The number of anilines is 2. The van der Waals surface area contributed by atoms with Crippen molar-refractivity contribution in [3.8, 4) is 0 Å². The minimum Gasteiger partial charge on any atom is -0.378 e. The van der Waals surface area contributed by atoms with E-state index in [2.05, 4.69) is 0 Å². The fourth-order valence-corrected chi connectivity index (χ4v) is 2.99. The summed E-state index contributed by atoms with van der Waals surface area (Å²) in [6, 6.07) is 15.4. The van der Waals surface area contributed by atoms with Crippen LogP contribution in [-0.4, -0.2) is 36.6 Å². The second kappa shape index (κ2) is 8.03. The number of nitrogens with zero attached hydrogens (tertiary/aromatic N) is 2. The third-order valence-electron chi connectivity index (χ3n) is 3.67. The van der Waals surface area contributed by atoms with Crippen LogP contribution in [0, 0.1) is 0 Å². The van der Waals surface area contributed by atoms with Crippen LogP contribution in [0.1, 0.15) is 11.1 Å². The second-order valence-electron chi connectivity index (χ2n) is 6.17. The van der Waals surface area contributed by atoms with Gasteiger partial charge in [-0.15, -0.1) is 0 Å². The zero-order chi connectivity index (χ0) is 18.4. The first-order chi connectivity index (χ1) is 11.8. The summed E-state index contributed by atoms with van der Waals surface area (Å²) in [5.74, 6) is 0. The first-order valence-corrected chi connectivity index (χ1v) is 9.54. The maximum absolute atomic E-state index is 12.2. The molecule has 0 atom stereocenters. The van der Waals surface area contributed by atoms with E-state index in [0.29, 0.717) is 0 Å². The van der Waals surface area contributed by atoms with Crippen molar-refractivity contribution in [2.75, 3.05) is 38.0 Å². The standard InChI is InChI=1S/C20H24N2O2S/c1-21(2)19-9-5-7-17(15-19)11-13-25(23,24)14-12-18-8-6-10-20(16-18)22(3)4/h5-16H,1-4H3. The third-order valence-corrected chi connectivity index (χ3v) is 4.70. The molecule has 2 aromatic carbocycles. The van der Waals surface area contributed by atoms with Gasteiger partial charge in [-0.05, 0) is 47.5 Å². The summed E-state index contributed by atoms with van der Waals surface area (Å²) in [5.41, 5.74) is 3.74. The normalized spacial score (nSPS) is 12.0. The molecular formula is C20H24N2O2S. The van der Waals surface area contributed by atoms with Gasteiger partial charge < -0.3 is 9.80 Å². The molecule has 2 aromatic rings. The van der Waals surface area contributed by atoms with Crippen LogP contribution in [0.5, 0.6) is 0 Å². The Balaban J connectivity index is 2.16. The van der Waals surface area contributed by atoms with Gasteiger partial charge in [0.1, 0.15) is 0 Å². The van der Waals surface area contributed by atoms with Crippen LogP contribution in [0.15, 0.2) is 59.3 Å². The molecular weight excluding hydrogens is 332 g/mol. The smallest absolute Gasteiger partial charge is 0.193 e. The van der Waals surface area contributed by atoms with Gasteiger partial charge in [-0.1, -0.05) is 24.3 Å². The molecule has 0 unspecified atom stereocenters. The van der Waals surface area contributed by atoms with E-state index in [9.17, 15) is 8.42 Å². The Morgan fingerprint density at radius 2 is 1.12 bits per heavy atom. The summed E-state index contributed by atoms with van der Waals surface area (Å²) >= 11 is 0. The Hall–Kier alpha value is -2.53. The van der Waals surface area contributed by atoms with Crippen LogP contribution in [0.2, 0.25) is 0 Å². The zero-order valence-corrected chi connectivity index (χ0v) is 15.9. The lowest BCUT2D eigenvalue weighted by molar-refractivity contribution is 0.613. The van der Waals surface area contributed by atoms with Gasteiger partial charge in [0.05, 0.1) is 0 Å². The number of sulfone groups is 1. The number of rotatable bonds is 6. The van der Waals surface area contributed by atoms with E-state index in [1.54, 1.807) is 12.2 Å². The van der Waals surface area contributed by atoms with Gasteiger partial charge in [-0.25, -0.2) is 8.42 Å². The molecule has 0 radical (unpaired) electrons. The van der Waals surface area contributed by atoms with E-state index in [4.69, 9.17) is 0 Å². The second-order valence-corrected chi connectivity index (χ2v) is 7.90. The van der Waals surface area contributed by atoms with Gasteiger partial charge >= 0.3 is 0 Å². The molecule has 2 rings (SSSR count). The maximum atomic E-state index is 12.2. The van der Waals surface area contributed by atoms with Crippen molar-refractivity contribution in [2.45, 2.75) is 0 Å². The Morgan fingerprint density at radius 3 is 1.48 bits per heavy atom. The zero-order valence-electron chi connectivity index (χ0n) is 15.0. The lowest BCUT2D eigenvalue weighted by atomic mass is 10.2. The molecule has 0 amide bonds. The number of hydrogen-bond donors (Lipinski definition) is 0. The van der Waals surface area contributed by atoms with E-state index in [0.717, 1.165) is 22.5 Å². The van der Waals surface area contributed by atoms with Gasteiger partial charge in [0, 0.05) is 50.4 Å². The van der Waals surface area contributed by atoms with Crippen LogP contribution < -0.4 is 9.80 Å². The van der Waals surface area contributed by atoms with Crippen LogP contribution >= 0.6 is 0 Å². The predicted octanol–water partition coefficient (Wildman–Crippen LogP) is 3.88. The van der Waals surface area contributed by atoms with Gasteiger partial charge in [-0.2, -0.15) is 0 Å². The lowest BCUT2D eigenvalue weighted by Crippen LogP contribution is -2.08. The molecule has 0 bridgehead atoms. The van der Waals surface area contributed by atoms with E-state index in [1.165, 1.54) is 10.8 Å². The average Bonchev–Trinajstić information content (AvgIpc) is 2.59. The number of benzene rings is 2. The Kier molecular flexibility index (Phi) is 6.04. The van der Waals surface area contributed by atoms with Gasteiger partial charge in [-0.3, -0.25) is 0 Å². The molecule has 4 nitrogen and oxygen atoms in total. The van der Waals surface area contributed by atoms with Crippen molar-refractivity contribution in [2.24, 2.45) is 0 Å². The minimum absolute atomic E-state index is 0.845. The summed E-state index contributed by atoms with van der Waals surface area (Å²) in [5, 5.41) is 2.46. The highest BCUT2D eigenvalue weighted by Gasteiger charge is 2.02. The predicted molar refractivity (Wildman–Crippen MR) is 109 cm³/mol. The van der Waals surface area contributed by atoms with Crippen LogP contribution in [0.3, 0.4) is 0 Å². The van der Waals surface area contributed by atoms with E-state index in [1.807, 2.05) is 86.5 Å². The van der Waals surface area contributed by atoms with Crippen LogP contribution in [-0.2, 0) is 9.84 Å². The Labute approximate surface area is 150 Å². The highest BCUT2D eigenvalue weighted by molar-refractivity contribution is 7.97. The summed E-state index contributed by atoms with van der Waals surface area (Å²) in [6.07, 6.45) is 3.23. The summed E-state index contributed by atoms with van der Waals surface area (Å²) in [6.45, 7) is 0. The van der Waals surface area contributed by atoms with E-state index >= 15 is 0 Å². The first kappa shape index (κ1) is 18.8. The Bertz CT molecular complexity index is 815. The van der Waals surface area contributed by atoms with Gasteiger partial charge in [0.15, 0.2) is 9.84 Å². The fourth-order valence-electron chi connectivity index (χ4n) is 2.21. The van der Waals surface area contributed by atoms with Gasteiger partial charge in [0.25, 0.3) is 0 Å². The maximum Gasteiger partial charge on any atom is 0.193 e. The highest BCUT2D eigenvalue weighted by atomic mass is 32.2. The third kappa shape index (κ3) is 5.80. The van der Waals surface area contributed by atoms with Crippen molar-refractivity contribution in [3.05, 3.63) is 70.5 Å². The SMILES string of the molecule is CN(C)c1cccc(C=CS(=O)(=O)C=Cc2cccc(N(C)C)c2)c1. The van der Waals surface area contributed by atoms with Crippen LogP contribution in [0.25, 0.3) is 12.2 Å². The number of hydrogen-bond acceptors (Lipinski definition) is 4. The van der Waals surface area contributed by atoms with Crippen LogP contribution in [0.4, 0.5) is 11.4 Å². The molecule has 0 aliphatic rings. The summed E-state index contributed by atoms with van der Waals surface area (Å²) < 4.78 is 24.4. The molecule has 0 saturated heterocycles. The molecule has 5 heteroatoms. The molecule has 0 spiro atoms. The first-order valence-electron chi connectivity index (χ1n) is 7.93. The fraction of sp³-hybridized carbons (Fsp3) is 0.200. The minimum atomic E-state index is -3.43. The molecule has 0 N–H and O–H groups in total. The van der Waals surface area contributed by atoms with Crippen molar-refractivity contribution in [1.82, 2.24) is 0 Å². The monoisotopic (exact) mass is 356 g/mol. The molecule has 0 fully saturated rings. The van der Waals surface area contributed by atoms with Crippen molar-refractivity contribution >= 4 is 33.4 Å². The molecule has 0 aromatic heterocycles. The molecule has 132 valence electrons. The highest BCUT2D eigenvalue weighted by Crippen LogP contribution is 2.17. The quantitative estimate of drug-likeness (QED) is 0.788. The summed E-state index contributed by atoms with van der Waals surface area (Å²) in [7, 11) is 4.36. The van der Waals surface area contributed by atoms with E-state index < -0.39 is 9.84 Å². The van der Waals surface area contributed by atoms with Crippen molar-refractivity contribution < 1.29 is 8.42 Å². The lowest BCUT2D eigenvalue weighted by Gasteiger charge is -2.12. The average molecular weight is 356 g/mol. The molecule has 0 aliphatic heterocycles. The molecule has 0 saturated carbocycles.